The molecule has 0 radical (unpaired) electrons. The highest BCUT2D eigenvalue weighted by molar-refractivity contribution is 5.31. The average molecular weight is 221 g/mol. The van der Waals surface area contributed by atoms with Gasteiger partial charge in [-0.15, -0.1) is 0 Å². The number of ether oxygens (including phenoxy) is 1. The molecule has 16 heavy (non-hydrogen) atoms. The van der Waals surface area contributed by atoms with Gasteiger partial charge in [-0.1, -0.05) is 13.8 Å². The molecule has 4 nitrogen and oxygen atoms in total. The van der Waals surface area contributed by atoms with Gasteiger partial charge in [0.05, 0.1) is 11.4 Å². The minimum Gasteiger partial charge on any atom is -0.374 e. The lowest BCUT2D eigenvalue weighted by Gasteiger charge is -2.15. The Balaban J connectivity index is 2.47. The minimum atomic E-state index is -0.0385. The Bertz CT molecular complexity index is 390. The van der Waals surface area contributed by atoms with Gasteiger partial charge in [-0.05, 0) is 12.8 Å². The van der Waals surface area contributed by atoms with Crippen LogP contribution < -0.4 is 5.32 Å². The highest BCUT2D eigenvalue weighted by Crippen LogP contribution is 2.25. The lowest BCUT2D eigenvalue weighted by Crippen LogP contribution is -2.10. The van der Waals surface area contributed by atoms with Crippen LogP contribution >= 0.6 is 0 Å². The summed E-state index contributed by atoms with van der Waals surface area (Å²) in [6.45, 7) is 8.06. The number of nitrogens with zero attached hydrogens (tertiary/aromatic N) is 2. The first kappa shape index (κ1) is 11.5. The Morgan fingerprint density at radius 2 is 1.94 bits per heavy atom. The Hall–Kier alpha value is -1.00. The maximum absolute atomic E-state index is 5.29. The highest BCUT2D eigenvalue weighted by Gasteiger charge is 2.22. The largest absolute Gasteiger partial charge is 0.374 e. The summed E-state index contributed by atoms with van der Waals surface area (Å²) < 4.78 is 5.29. The first-order chi connectivity index (χ1) is 7.63. The fraction of sp³-hybridized carbons (Fsp3) is 0.667. The summed E-state index contributed by atoms with van der Waals surface area (Å²) in [4.78, 5) is 9.21. The van der Waals surface area contributed by atoms with Crippen molar-refractivity contribution >= 4 is 0 Å². The average Bonchev–Trinajstić information content (AvgIpc) is 2.74. The molecule has 0 fully saturated rings. The summed E-state index contributed by atoms with van der Waals surface area (Å²) in [5.41, 5.74) is 3.58. The third kappa shape index (κ3) is 1.95. The Morgan fingerprint density at radius 3 is 2.56 bits per heavy atom. The van der Waals surface area contributed by atoms with Gasteiger partial charge < -0.3 is 10.1 Å². The normalized spacial score (nSPS) is 16.6. The molecule has 1 aliphatic rings. The number of rotatable bonds is 3. The van der Waals surface area contributed by atoms with Crippen LogP contribution in [0.2, 0.25) is 0 Å². The van der Waals surface area contributed by atoms with Crippen molar-refractivity contribution in [2.45, 2.75) is 45.9 Å². The second kappa shape index (κ2) is 4.47. The van der Waals surface area contributed by atoms with Gasteiger partial charge >= 0.3 is 0 Å². The van der Waals surface area contributed by atoms with Crippen molar-refractivity contribution in [2.75, 3.05) is 7.11 Å². The first-order valence-corrected chi connectivity index (χ1v) is 5.76. The van der Waals surface area contributed by atoms with Gasteiger partial charge in [0.1, 0.15) is 6.10 Å². The van der Waals surface area contributed by atoms with Crippen molar-refractivity contribution in [3.63, 3.8) is 0 Å². The Labute approximate surface area is 96.4 Å². The molecule has 0 aliphatic carbocycles. The molecule has 1 aliphatic heterocycles. The van der Waals surface area contributed by atoms with Crippen LogP contribution in [0.5, 0.6) is 0 Å². The molecule has 0 bridgehead atoms. The predicted octanol–water partition coefficient (Wildman–Crippen LogP) is 1.91. The molecule has 1 unspecified atom stereocenters. The summed E-state index contributed by atoms with van der Waals surface area (Å²) in [5, 5.41) is 3.32. The summed E-state index contributed by atoms with van der Waals surface area (Å²) >= 11 is 0. The van der Waals surface area contributed by atoms with Crippen LogP contribution in [0.3, 0.4) is 0 Å². The van der Waals surface area contributed by atoms with Gasteiger partial charge in [-0.3, -0.25) is 0 Å². The van der Waals surface area contributed by atoms with Crippen molar-refractivity contribution < 1.29 is 4.74 Å². The number of hydrogen-bond donors (Lipinski definition) is 1. The molecule has 2 heterocycles. The van der Waals surface area contributed by atoms with Gasteiger partial charge in [0.15, 0.2) is 5.82 Å². The Kier molecular flexibility index (Phi) is 3.21. The smallest absolute Gasteiger partial charge is 0.157 e. The summed E-state index contributed by atoms with van der Waals surface area (Å²) in [7, 11) is 1.69. The van der Waals surface area contributed by atoms with Gasteiger partial charge in [0.2, 0.25) is 0 Å². The molecule has 1 aromatic rings. The summed E-state index contributed by atoms with van der Waals surface area (Å²) in [6.07, 6.45) is -0.0385. The first-order valence-electron chi connectivity index (χ1n) is 5.76. The van der Waals surface area contributed by atoms with Crippen molar-refractivity contribution in [1.82, 2.24) is 15.3 Å². The van der Waals surface area contributed by atoms with E-state index in [1.807, 2.05) is 6.92 Å². The van der Waals surface area contributed by atoms with E-state index in [9.17, 15) is 0 Å². The molecule has 1 aromatic heterocycles. The van der Waals surface area contributed by atoms with Gasteiger partial charge in [-0.2, -0.15) is 0 Å². The molecule has 1 atom stereocenters. The van der Waals surface area contributed by atoms with E-state index in [-0.39, 0.29) is 6.10 Å². The summed E-state index contributed by atoms with van der Waals surface area (Å²) in [6, 6.07) is 0. The van der Waals surface area contributed by atoms with Crippen LogP contribution in [-0.4, -0.2) is 17.1 Å². The molecule has 0 aromatic carbocycles. The Morgan fingerprint density at radius 1 is 1.19 bits per heavy atom. The quantitative estimate of drug-likeness (QED) is 0.847. The van der Waals surface area contributed by atoms with Crippen LogP contribution in [0.15, 0.2) is 0 Å². The minimum absolute atomic E-state index is 0.0385. The second-order valence-electron chi connectivity index (χ2n) is 4.53. The zero-order chi connectivity index (χ0) is 11.7. The van der Waals surface area contributed by atoms with Gasteiger partial charge in [-0.25, -0.2) is 9.97 Å². The molecular weight excluding hydrogens is 202 g/mol. The maximum Gasteiger partial charge on any atom is 0.157 e. The van der Waals surface area contributed by atoms with Crippen LogP contribution in [-0.2, 0) is 17.8 Å². The number of hydrogen-bond acceptors (Lipinski definition) is 4. The summed E-state index contributed by atoms with van der Waals surface area (Å²) in [5.74, 6) is 1.23. The molecule has 1 N–H and O–H groups in total. The van der Waals surface area contributed by atoms with E-state index in [2.05, 4.69) is 29.1 Å². The molecule has 0 spiro atoms. The molecule has 88 valence electrons. The van der Waals surface area contributed by atoms with E-state index in [0.29, 0.717) is 5.92 Å². The van der Waals surface area contributed by atoms with Crippen LogP contribution in [0.25, 0.3) is 0 Å². The monoisotopic (exact) mass is 221 g/mol. The van der Waals surface area contributed by atoms with Crippen LogP contribution in [0, 0.1) is 0 Å². The molecule has 0 saturated heterocycles. The predicted molar refractivity (Wildman–Crippen MR) is 62.1 cm³/mol. The van der Waals surface area contributed by atoms with Gasteiger partial charge in [0, 0.05) is 25.8 Å². The third-order valence-electron chi connectivity index (χ3n) is 3.00. The maximum atomic E-state index is 5.29. The van der Waals surface area contributed by atoms with Crippen molar-refractivity contribution in [3.05, 3.63) is 22.8 Å². The van der Waals surface area contributed by atoms with Crippen LogP contribution in [0.4, 0.5) is 0 Å². The van der Waals surface area contributed by atoms with E-state index < -0.39 is 0 Å². The third-order valence-corrected chi connectivity index (χ3v) is 3.00. The number of nitrogens with one attached hydrogen (secondary N) is 1. The fourth-order valence-corrected chi connectivity index (χ4v) is 1.98. The number of aromatic nitrogens is 2. The zero-order valence-electron chi connectivity index (χ0n) is 10.4. The highest BCUT2D eigenvalue weighted by atomic mass is 16.5. The topological polar surface area (TPSA) is 47.0 Å². The number of fused-ring (bicyclic) bond motifs is 1. The lowest BCUT2D eigenvalue weighted by atomic mass is 10.0. The molecule has 0 amide bonds. The van der Waals surface area contributed by atoms with Crippen molar-refractivity contribution in [2.24, 2.45) is 0 Å². The second-order valence-corrected chi connectivity index (χ2v) is 4.53. The zero-order valence-corrected chi connectivity index (χ0v) is 10.4. The molecule has 2 rings (SSSR count). The SMILES string of the molecule is COC(C)c1nc2c(c(C(C)C)n1)CNC2. The van der Waals surface area contributed by atoms with E-state index >= 15 is 0 Å². The van der Waals surface area contributed by atoms with E-state index in [1.165, 1.54) is 5.56 Å². The van der Waals surface area contributed by atoms with Crippen LogP contribution in [0.1, 0.15) is 55.6 Å². The van der Waals surface area contributed by atoms with E-state index in [0.717, 1.165) is 30.3 Å². The fourth-order valence-electron chi connectivity index (χ4n) is 1.98. The van der Waals surface area contributed by atoms with E-state index in [1.54, 1.807) is 7.11 Å². The lowest BCUT2D eigenvalue weighted by molar-refractivity contribution is 0.111. The van der Waals surface area contributed by atoms with Crippen molar-refractivity contribution in [3.8, 4) is 0 Å². The molecular formula is C12H19N3O. The van der Waals surface area contributed by atoms with Crippen molar-refractivity contribution in [1.29, 1.82) is 0 Å². The molecule has 0 saturated carbocycles. The number of methoxy groups -OCH3 is 1. The van der Waals surface area contributed by atoms with Gasteiger partial charge in [0.25, 0.3) is 0 Å². The van der Waals surface area contributed by atoms with E-state index in [4.69, 9.17) is 4.74 Å². The molecule has 4 heteroatoms. The standard InChI is InChI=1S/C12H19N3O/c1-7(2)11-9-5-13-6-10(9)14-12(15-11)8(3)16-4/h7-8,13H,5-6H2,1-4H3.